The molecule has 0 saturated carbocycles. The number of halogens is 1. The lowest BCUT2D eigenvalue weighted by molar-refractivity contribution is 0.480. The maximum Gasteiger partial charge on any atom is 0.245 e. The van der Waals surface area contributed by atoms with Crippen LogP contribution in [0.5, 0.6) is 0 Å². The Bertz CT molecular complexity index is 609. The number of hydrogen-bond acceptors (Lipinski definition) is 4. The zero-order valence-corrected chi connectivity index (χ0v) is 11.7. The van der Waals surface area contributed by atoms with Crippen LogP contribution >= 0.6 is 0 Å². The number of benzene rings is 1. The Kier molecular flexibility index (Phi) is 3.40. The first-order valence-electron chi connectivity index (χ1n) is 6.81. The van der Waals surface area contributed by atoms with E-state index in [-0.39, 0.29) is 5.82 Å². The van der Waals surface area contributed by atoms with Crippen molar-refractivity contribution >= 4 is 5.95 Å². The van der Waals surface area contributed by atoms with Crippen LogP contribution in [0.4, 0.5) is 10.3 Å². The van der Waals surface area contributed by atoms with Crippen LogP contribution in [0.1, 0.15) is 12.5 Å². The van der Waals surface area contributed by atoms with Crippen molar-refractivity contribution in [1.82, 2.24) is 20.5 Å². The van der Waals surface area contributed by atoms with Gasteiger partial charge in [-0.15, -0.1) is 5.10 Å². The normalized spacial score (nSPS) is 19.4. The summed E-state index contributed by atoms with van der Waals surface area (Å²) in [6.45, 7) is 6.74. The van der Waals surface area contributed by atoms with E-state index >= 15 is 0 Å². The summed E-state index contributed by atoms with van der Waals surface area (Å²) >= 11 is 0. The highest BCUT2D eigenvalue weighted by Crippen LogP contribution is 2.22. The Hall–Kier alpha value is -1.95. The molecule has 0 amide bonds. The molecule has 3 rings (SSSR count). The van der Waals surface area contributed by atoms with Crippen LogP contribution in [0, 0.1) is 12.7 Å². The molecule has 1 aliphatic heterocycles. The summed E-state index contributed by atoms with van der Waals surface area (Å²) in [5.41, 5.74) is 1.73. The molecule has 0 bridgehead atoms. The Morgan fingerprint density at radius 3 is 3.05 bits per heavy atom. The van der Waals surface area contributed by atoms with Crippen molar-refractivity contribution in [3.8, 4) is 11.4 Å². The van der Waals surface area contributed by atoms with E-state index in [2.05, 4.69) is 32.3 Å². The minimum atomic E-state index is -0.264. The highest BCUT2D eigenvalue weighted by atomic mass is 19.1. The fourth-order valence-corrected chi connectivity index (χ4v) is 2.48. The molecule has 1 atom stereocenters. The molecule has 1 fully saturated rings. The van der Waals surface area contributed by atoms with Gasteiger partial charge < -0.3 is 10.2 Å². The number of H-pyrrole nitrogens is 1. The first-order valence-corrected chi connectivity index (χ1v) is 6.81. The molecule has 2 heterocycles. The van der Waals surface area contributed by atoms with Gasteiger partial charge >= 0.3 is 0 Å². The molecule has 5 nitrogen and oxygen atoms in total. The summed E-state index contributed by atoms with van der Waals surface area (Å²) in [7, 11) is 0. The molecule has 0 radical (unpaired) electrons. The van der Waals surface area contributed by atoms with Gasteiger partial charge in [-0.2, -0.15) is 4.98 Å². The zero-order chi connectivity index (χ0) is 14.1. The number of aromatic nitrogens is 3. The van der Waals surface area contributed by atoms with Crippen molar-refractivity contribution < 1.29 is 4.39 Å². The SMILES string of the molecule is Cc1ccc(F)cc1-c1nc(N2CCN[C@@H](C)C2)n[nH]1. The molecule has 1 aliphatic rings. The van der Waals surface area contributed by atoms with Crippen LogP contribution in [0.15, 0.2) is 18.2 Å². The summed E-state index contributed by atoms with van der Waals surface area (Å²) < 4.78 is 13.4. The summed E-state index contributed by atoms with van der Waals surface area (Å²) in [4.78, 5) is 6.64. The van der Waals surface area contributed by atoms with Crippen molar-refractivity contribution in [3.63, 3.8) is 0 Å². The van der Waals surface area contributed by atoms with Gasteiger partial charge in [0.2, 0.25) is 5.95 Å². The van der Waals surface area contributed by atoms with E-state index in [1.807, 2.05) is 6.92 Å². The smallest absolute Gasteiger partial charge is 0.245 e. The van der Waals surface area contributed by atoms with Crippen LogP contribution in [-0.4, -0.2) is 40.9 Å². The largest absolute Gasteiger partial charge is 0.337 e. The minimum absolute atomic E-state index is 0.264. The third kappa shape index (κ3) is 2.51. The molecule has 0 aliphatic carbocycles. The maximum absolute atomic E-state index is 13.4. The van der Waals surface area contributed by atoms with Gasteiger partial charge in [0.25, 0.3) is 0 Å². The van der Waals surface area contributed by atoms with Gasteiger partial charge in [0, 0.05) is 31.2 Å². The lowest BCUT2D eigenvalue weighted by Gasteiger charge is -2.30. The standard InChI is InChI=1S/C14H18FN5/c1-9-3-4-11(15)7-12(9)13-17-14(19-18-13)20-6-5-16-10(2)8-20/h3-4,7,10,16H,5-6,8H2,1-2H3,(H,17,18,19)/t10-/m0/s1. The molecular formula is C14H18FN5. The van der Waals surface area contributed by atoms with E-state index in [1.165, 1.54) is 12.1 Å². The van der Waals surface area contributed by atoms with Crippen molar-refractivity contribution in [2.75, 3.05) is 24.5 Å². The second-order valence-electron chi connectivity index (χ2n) is 5.24. The van der Waals surface area contributed by atoms with Gasteiger partial charge in [-0.25, -0.2) is 4.39 Å². The molecular weight excluding hydrogens is 257 g/mol. The van der Waals surface area contributed by atoms with E-state index in [0.717, 1.165) is 30.8 Å². The number of rotatable bonds is 2. The van der Waals surface area contributed by atoms with Crippen molar-refractivity contribution in [3.05, 3.63) is 29.6 Å². The van der Waals surface area contributed by atoms with Crippen LogP contribution in [0.25, 0.3) is 11.4 Å². The Labute approximate surface area is 117 Å². The van der Waals surface area contributed by atoms with Gasteiger partial charge in [-0.1, -0.05) is 6.07 Å². The molecule has 0 spiro atoms. The van der Waals surface area contributed by atoms with Crippen LogP contribution in [0.2, 0.25) is 0 Å². The summed E-state index contributed by atoms with van der Waals surface area (Å²) in [5, 5.41) is 10.6. The molecule has 20 heavy (non-hydrogen) atoms. The van der Waals surface area contributed by atoms with E-state index in [0.29, 0.717) is 17.8 Å². The van der Waals surface area contributed by atoms with E-state index < -0.39 is 0 Å². The average molecular weight is 275 g/mol. The van der Waals surface area contributed by atoms with Gasteiger partial charge in [-0.3, -0.25) is 5.10 Å². The molecule has 0 unspecified atom stereocenters. The maximum atomic E-state index is 13.4. The topological polar surface area (TPSA) is 56.8 Å². The fourth-order valence-electron chi connectivity index (χ4n) is 2.48. The fraction of sp³-hybridized carbons (Fsp3) is 0.429. The van der Waals surface area contributed by atoms with E-state index in [4.69, 9.17) is 0 Å². The van der Waals surface area contributed by atoms with Gasteiger partial charge in [0.1, 0.15) is 5.82 Å². The van der Waals surface area contributed by atoms with Crippen LogP contribution < -0.4 is 10.2 Å². The molecule has 2 aromatic rings. The molecule has 106 valence electrons. The predicted octanol–water partition coefficient (Wildman–Crippen LogP) is 1.72. The number of nitrogens with one attached hydrogen (secondary N) is 2. The lowest BCUT2D eigenvalue weighted by atomic mass is 10.1. The number of anilines is 1. The number of nitrogens with zero attached hydrogens (tertiary/aromatic N) is 3. The average Bonchev–Trinajstić information content (AvgIpc) is 2.91. The van der Waals surface area contributed by atoms with Gasteiger partial charge in [-0.05, 0) is 31.5 Å². The van der Waals surface area contributed by atoms with E-state index in [9.17, 15) is 4.39 Å². The van der Waals surface area contributed by atoms with Crippen LogP contribution in [-0.2, 0) is 0 Å². The molecule has 1 aromatic heterocycles. The molecule has 1 saturated heterocycles. The number of aromatic amines is 1. The van der Waals surface area contributed by atoms with Gasteiger partial charge in [0.05, 0.1) is 0 Å². The van der Waals surface area contributed by atoms with Crippen molar-refractivity contribution in [2.24, 2.45) is 0 Å². The second kappa shape index (κ2) is 5.20. The minimum Gasteiger partial charge on any atom is -0.337 e. The van der Waals surface area contributed by atoms with Crippen molar-refractivity contribution in [1.29, 1.82) is 0 Å². The lowest BCUT2D eigenvalue weighted by Crippen LogP contribution is -2.49. The Balaban J connectivity index is 1.88. The first-order chi connectivity index (χ1) is 9.63. The third-order valence-corrected chi connectivity index (χ3v) is 3.58. The predicted molar refractivity (Wildman–Crippen MR) is 76.2 cm³/mol. The monoisotopic (exact) mass is 275 g/mol. The highest BCUT2D eigenvalue weighted by Gasteiger charge is 2.20. The summed E-state index contributed by atoms with van der Waals surface area (Å²) in [5.74, 6) is 1.03. The summed E-state index contributed by atoms with van der Waals surface area (Å²) in [6.07, 6.45) is 0. The quantitative estimate of drug-likeness (QED) is 0.876. The van der Waals surface area contributed by atoms with Crippen LogP contribution in [0.3, 0.4) is 0 Å². The molecule has 2 N–H and O–H groups in total. The molecule has 1 aromatic carbocycles. The zero-order valence-electron chi connectivity index (χ0n) is 11.7. The van der Waals surface area contributed by atoms with Crippen molar-refractivity contribution in [2.45, 2.75) is 19.9 Å². The van der Waals surface area contributed by atoms with E-state index in [1.54, 1.807) is 6.07 Å². The number of hydrogen-bond donors (Lipinski definition) is 2. The molecule has 6 heteroatoms. The number of piperazine rings is 1. The second-order valence-corrected chi connectivity index (χ2v) is 5.24. The highest BCUT2D eigenvalue weighted by molar-refractivity contribution is 5.61. The Morgan fingerprint density at radius 2 is 2.25 bits per heavy atom. The summed E-state index contributed by atoms with van der Waals surface area (Å²) in [6, 6.07) is 5.11. The first kappa shape index (κ1) is 13.1. The Morgan fingerprint density at radius 1 is 1.40 bits per heavy atom. The van der Waals surface area contributed by atoms with Gasteiger partial charge in [0.15, 0.2) is 5.82 Å². The number of aryl methyl sites for hydroxylation is 1. The third-order valence-electron chi connectivity index (χ3n) is 3.58.